The summed E-state index contributed by atoms with van der Waals surface area (Å²) < 4.78 is 0. The number of nitrogens with one attached hydrogen (secondary N) is 2. The van der Waals surface area contributed by atoms with Gasteiger partial charge in [-0.3, -0.25) is 0 Å². The zero-order chi connectivity index (χ0) is 12.5. The van der Waals surface area contributed by atoms with Gasteiger partial charge in [0.1, 0.15) is 10.9 Å². The average Bonchev–Trinajstić information content (AvgIpc) is 2.76. The maximum absolute atomic E-state index is 8.97. The first kappa shape index (κ1) is 10.7. The molecule has 0 unspecified atom stereocenters. The van der Waals surface area contributed by atoms with Crippen molar-refractivity contribution in [2.75, 3.05) is 5.73 Å². The highest BCUT2D eigenvalue weighted by Crippen LogP contribution is 2.31. The summed E-state index contributed by atoms with van der Waals surface area (Å²) in [6, 6.07) is 10.0. The molecule has 0 atom stereocenters. The number of hydrogen-bond acceptors (Lipinski definition) is 3. The van der Waals surface area contributed by atoms with E-state index in [0.29, 0.717) is 10.6 Å². The second-order valence-electron chi connectivity index (χ2n) is 3.86. The molecule has 0 saturated carbocycles. The van der Waals surface area contributed by atoms with Gasteiger partial charge in [0.25, 0.3) is 4.83 Å². The first-order valence-corrected chi connectivity index (χ1v) is 6.22. The third kappa shape index (κ3) is 1.60. The van der Waals surface area contributed by atoms with E-state index in [1.54, 1.807) is 0 Å². The van der Waals surface area contributed by atoms with E-state index in [4.69, 9.17) is 11.0 Å². The van der Waals surface area contributed by atoms with Crippen LogP contribution < -0.4 is 15.7 Å². The number of nitrogens with zero attached hydrogens (tertiary/aromatic N) is 1. The Balaban J connectivity index is 2.21. The van der Waals surface area contributed by atoms with Gasteiger partial charge in [-0.05, 0) is 6.07 Å². The molecule has 0 spiro atoms. The number of anilines is 1. The summed E-state index contributed by atoms with van der Waals surface area (Å²) in [6.07, 6.45) is 3.74. The Morgan fingerprint density at radius 2 is 1.94 bits per heavy atom. The highest BCUT2D eigenvalue weighted by molar-refractivity contribution is 7.19. The largest absolute Gasteiger partial charge is 0.396 e. The molecule has 86 valence electrons. The number of H-pyrrole nitrogens is 2. The first-order chi connectivity index (χ1) is 8.79. The number of thiophene rings is 1. The molecule has 0 bridgehead atoms. The van der Waals surface area contributed by atoms with Crippen LogP contribution in [0.25, 0.3) is 21.5 Å². The van der Waals surface area contributed by atoms with E-state index < -0.39 is 0 Å². The number of aromatic amines is 2. The molecule has 18 heavy (non-hydrogen) atoms. The lowest BCUT2D eigenvalue weighted by atomic mass is 10.1. The van der Waals surface area contributed by atoms with Crippen LogP contribution in [-0.4, -0.2) is 0 Å². The third-order valence-corrected chi connectivity index (χ3v) is 3.82. The number of nitrogen functional groups attached to an aromatic ring is 1. The molecule has 0 amide bonds. The molecule has 4 N–H and O–H groups in total. The first-order valence-electron chi connectivity index (χ1n) is 5.40. The van der Waals surface area contributed by atoms with Crippen LogP contribution in [0.1, 0.15) is 4.88 Å². The smallest absolute Gasteiger partial charge is 0.271 e. The lowest BCUT2D eigenvalue weighted by Gasteiger charge is -1.92. The minimum Gasteiger partial charge on any atom is -0.396 e. The molecule has 3 heterocycles. The number of pyridine rings is 2. The maximum Gasteiger partial charge on any atom is 0.271 e. The molecule has 3 aromatic rings. The number of aromatic nitrogens is 2. The van der Waals surface area contributed by atoms with Crippen molar-refractivity contribution in [1.82, 2.24) is 0 Å². The van der Waals surface area contributed by atoms with Gasteiger partial charge in [-0.15, -0.1) is 0 Å². The minimum absolute atomic E-state index is 0.555. The molecule has 0 saturated heterocycles. The van der Waals surface area contributed by atoms with Gasteiger partial charge in [0.15, 0.2) is 12.4 Å². The van der Waals surface area contributed by atoms with Crippen molar-refractivity contribution in [1.29, 1.82) is 5.26 Å². The lowest BCUT2D eigenvalue weighted by Crippen LogP contribution is -2.07. The summed E-state index contributed by atoms with van der Waals surface area (Å²) in [5, 5.41) is 9.87. The quantitative estimate of drug-likeness (QED) is 0.716. The summed E-state index contributed by atoms with van der Waals surface area (Å²) in [4.78, 5) is 7.78. The monoisotopic (exact) mass is 254 g/mol. The van der Waals surface area contributed by atoms with Crippen LogP contribution in [0.2, 0.25) is 0 Å². The SMILES string of the molecule is N#Cc1sc2[nH+]c(-c3cc[nH+]cc3)ccc2c1N. The van der Waals surface area contributed by atoms with E-state index in [1.165, 1.54) is 11.3 Å². The second-order valence-corrected chi connectivity index (χ2v) is 4.88. The molecular weight excluding hydrogens is 244 g/mol. The van der Waals surface area contributed by atoms with Crippen LogP contribution in [0.3, 0.4) is 0 Å². The third-order valence-electron chi connectivity index (χ3n) is 2.78. The van der Waals surface area contributed by atoms with Gasteiger partial charge in [-0.2, -0.15) is 10.2 Å². The minimum atomic E-state index is 0.555. The topological polar surface area (TPSA) is 78.1 Å². The van der Waals surface area contributed by atoms with Crippen molar-refractivity contribution < 1.29 is 9.97 Å². The van der Waals surface area contributed by atoms with Crippen LogP contribution >= 0.6 is 11.3 Å². The molecule has 3 aromatic heterocycles. The van der Waals surface area contributed by atoms with E-state index in [2.05, 4.69) is 16.0 Å². The van der Waals surface area contributed by atoms with Crippen LogP contribution in [0.15, 0.2) is 36.7 Å². The van der Waals surface area contributed by atoms with E-state index in [-0.39, 0.29) is 0 Å². The average molecular weight is 254 g/mol. The van der Waals surface area contributed by atoms with Gasteiger partial charge >= 0.3 is 0 Å². The summed E-state index contributed by atoms with van der Waals surface area (Å²) in [5.41, 5.74) is 8.54. The summed E-state index contributed by atoms with van der Waals surface area (Å²) in [6.45, 7) is 0. The predicted molar refractivity (Wildman–Crippen MR) is 69.5 cm³/mol. The fourth-order valence-electron chi connectivity index (χ4n) is 1.86. The Labute approximate surface area is 107 Å². The van der Waals surface area contributed by atoms with Gasteiger partial charge in [-0.1, -0.05) is 11.3 Å². The van der Waals surface area contributed by atoms with Crippen molar-refractivity contribution in [3.63, 3.8) is 0 Å². The Kier molecular flexibility index (Phi) is 2.43. The van der Waals surface area contributed by atoms with Gasteiger partial charge in [0.2, 0.25) is 5.69 Å². The van der Waals surface area contributed by atoms with Crippen molar-refractivity contribution >= 4 is 27.2 Å². The van der Waals surface area contributed by atoms with E-state index in [1.807, 2.05) is 36.7 Å². The normalized spacial score (nSPS) is 10.4. The zero-order valence-electron chi connectivity index (χ0n) is 9.40. The van der Waals surface area contributed by atoms with Gasteiger partial charge < -0.3 is 5.73 Å². The highest BCUT2D eigenvalue weighted by Gasteiger charge is 2.16. The number of hydrogen-bond donors (Lipinski definition) is 1. The molecule has 5 heteroatoms. The standard InChI is InChI=1S/C13H8N4S/c14-7-11-12(15)9-1-2-10(17-13(9)18-11)8-3-5-16-6-4-8/h1-6H,15H2/p+2. The number of nitriles is 1. The van der Waals surface area contributed by atoms with E-state index in [0.717, 1.165) is 21.5 Å². The van der Waals surface area contributed by atoms with Crippen molar-refractivity contribution in [2.24, 2.45) is 0 Å². The fraction of sp³-hybridized carbons (Fsp3) is 0. The number of fused-ring (bicyclic) bond motifs is 1. The molecule has 3 rings (SSSR count). The molecule has 0 aliphatic rings. The summed E-state index contributed by atoms with van der Waals surface area (Å²) in [7, 11) is 0. The van der Waals surface area contributed by atoms with Crippen LogP contribution in [0.4, 0.5) is 5.69 Å². The zero-order valence-corrected chi connectivity index (χ0v) is 10.2. The molecule has 0 fully saturated rings. The second kappa shape index (κ2) is 4.09. The molecule has 4 nitrogen and oxygen atoms in total. The van der Waals surface area contributed by atoms with Gasteiger partial charge in [0, 0.05) is 18.2 Å². The highest BCUT2D eigenvalue weighted by atomic mass is 32.1. The fourth-order valence-corrected chi connectivity index (χ4v) is 2.78. The van der Waals surface area contributed by atoms with Crippen molar-refractivity contribution in [3.8, 4) is 17.3 Å². The van der Waals surface area contributed by atoms with E-state index in [9.17, 15) is 0 Å². The molecular formula is C13H10N4S+2. The van der Waals surface area contributed by atoms with Crippen LogP contribution in [0, 0.1) is 11.3 Å². The Morgan fingerprint density at radius 3 is 2.67 bits per heavy atom. The van der Waals surface area contributed by atoms with E-state index >= 15 is 0 Å². The lowest BCUT2D eigenvalue weighted by molar-refractivity contribution is -0.378. The van der Waals surface area contributed by atoms with Crippen LogP contribution in [0.5, 0.6) is 0 Å². The molecule has 0 aromatic carbocycles. The van der Waals surface area contributed by atoms with Crippen molar-refractivity contribution in [2.45, 2.75) is 0 Å². The maximum atomic E-state index is 8.97. The van der Waals surface area contributed by atoms with Gasteiger partial charge in [0.05, 0.1) is 16.6 Å². The number of rotatable bonds is 1. The molecule has 0 aliphatic carbocycles. The number of nitrogens with two attached hydrogens (primary N) is 1. The Morgan fingerprint density at radius 1 is 1.17 bits per heavy atom. The predicted octanol–water partition coefficient (Wildman–Crippen LogP) is 1.65. The molecule has 0 radical (unpaired) electrons. The van der Waals surface area contributed by atoms with Crippen molar-refractivity contribution in [3.05, 3.63) is 41.5 Å². The van der Waals surface area contributed by atoms with Gasteiger partial charge in [-0.25, -0.2) is 4.98 Å². The molecule has 0 aliphatic heterocycles. The summed E-state index contributed by atoms with van der Waals surface area (Å²) in [5.74, 6) is 0. The Hall–Kier alpha value is -2.45. The summed E-state index contributed by atoms with van der Waals surface area (Å²) >= 11 is 1.38. The van der Waals surface area contributed by atoms with Crippen LogP contribution in [-0.2, 0) is 0 Å². The Bertz CT molecular complexity index is 756.